The van der Waals surface area contributed by atoms with Crippen LogP contribution in [-0.2, 0) is 13.1 Å². The van der Waals surface area contributed by atoms with E-state index in [-0.39, 0.29) is 6.10 Å². The molecule has 0 saturated heterocycles. The summed E-state index contributed by atoms with van der Waals surface area (Å²) in [5.74, 6) is 1.36. The number of aryl methyl sites for hydroxylation is 1. The molecule has 1 atom stereocenters. The van der Waals surface area contributed by atoms with Crippen LogP contribution in [0.1, 0.15) is 23.1 Å². The quantitative estimate of drug-likeness (QED) is 0.803. The second-order valence-corrected chi connectivity index (χ2v) is 6.22. The second-order valence-electron chi connectivity index (χ2n) is 5.84. The van der Waals surface area contributed by atoms with E-state index in [4.69, 9.17) is 16.3 Å². The van der Waals surface area contributed by atoms with Crippen molar-refractivity contribution in [2.45, 2.75) is 32.5 Å². The predicted octanol–water partition coefficient (Wildman–Crippen LogP) is 3.78. The third kappa shape index (κ3) is 3.79. The molecule has 3 rings (SSSR count). The maximum absolute atomic E-state index is 6.05. The van der Waals surface area contributed by atoms with Crippen LogP contribution in [0.4, 0.5) is 0 Å². The Labute approximate surface area is 136 Å². The van der Waals surface area contributed by atoms with Crippen molar-refractivity contribution in [2.75, 3.05) is 12.4 Å². The summed E-state index contributed by atoms with van der Waals surface area (Å²) < 4.78 is 6.05. The molecule has 22 heavy (non-hydrogen) atoms. The van der Waals surface area contributed by atoms with Gasteiger partial charge in [0.15, 0.2) is 0 Å². The number of aromatic nitrogens is 1. The molecule has 116 valence electrons. The zero-order chi connectivity index (χ0) is 15.4. The number of hydrogen-bond donors (Lipinski definition) is 0. The molecule has 0 saturated carbocycles. The zero-order valence-corrected chi connectivity index (χ0v) is 13.6. The molecule has 0 fully saturated rings. The van der Waals surface area contributed by atoms with Gasteiger partial charge in [0, 0.05) is 37.3 Å². The standard InChI is InChI=1S/C18H21ClN2O/c1-14-4-6-15(7-5-14)11-21-12-16-3-2-10-20-18(16)22-17(13-21)8-9-19/h2-7,10,17H,8-9,11-13H2,1H3. The first-order valence-corrected chi connectivity index (χ1v) is 8.22. The van der Waals surface area contributed by atoms with Crippen molar-refractivity contribution in [3.63, 3.8) is 0 Å². The Kier molecular flexibility index (Phi) is 4.96. The normalized spacial score (nSPS) is 18.4. The van der Waals surface area contributed by atoms with Gasteiger partial charge < -0.3 is 4.74 Å². The van der Waals surface area contributed by atoms with E-state index in [1.54, 1.807) is 6.20 Å². The van der Waals surface area contributed by atoms with Crippen LogP contribution in [0.25, 0.3) is 0 Å². The molecule has 0 spiro atoms. The number of alkyl halides is 1. The van der Waals surface area contributed by atoms with Gasteiger partial charge >= 0.3 is 0 Å². The molecular weight excluding hydrogens is 296 g/mol. The summed E-state index contributed by atoms with van der Waals surface area (Å²) in [5.41, 5.74) is 3.76. The molecule has 0 aliphatic carbocycles. The van der Waals surface area contributed by atoms with Crippen molar-refractivity contribution in [1.29, 1.82) is 0 Å². The summed E-state index contributed by atoms with van der Waals surface area (Å²) in [6.45, 7) is 4.76. The predicted molar refractivity (Wildman–Crippen MR) is 89.3 cm³/mol. The van der Waals surface area contributed by atoms with Crippen LogP contribution in [0.15, 0.2) is 42.6 Å². The molecule has 4 heteroatoms. The van der Waals surface area contributed by atoms with Crippen LogP contribution in [-0.4, -0.2) is 28.4 Å². The van der Waals surface area contributed by atoms with E-state index in [9.17, 15) is 0 Å². The van der Waals surface area contributed by atoms with Crippen LogP contribution in [0.2, 0.25) is 0 Å². The molecular formula is C18H21ClN2O. The topological polar surface area (TPSA) is 25.4 Å². The van der Waals surface area contributed by atoms with Crippen molar-refractivity contribution < 1.29 is 4.74 Å². The lowest BCUT2D eigenvalue weighted by atomic mass is 10.1. The molecule has 2 heterocycles. The monoisotopic (exact) mass is 316 g/mol. The van der Waals surface area contributed by atoms with Gasteiger partial charge in [-0.15, -0.1) is 11.6 Å². The molecule has 0 amide bonds. The van der Waals surface area contributed by atoms with Crippen LogP contribution < -0.4 is 4.74 Å². The Hall–Kier alpha value is -1.58. The zero-order valence-electron chi connectivity index (χ0n) is 12.8. The summed E-state index contributed by atoms with van der Waals surface area (Å²) in [4.78, 5) is 6.78. The Morgan fingerprint density at radius 1 is 1.27 bits per heavy atom. The van der Waals surface area contributed by atoms with Crippen molar-refractivity contribution in [3.05, 3.63) is 59.3 Å². The van der Waals surface area contributed by atoms with Crippen molar-refractivity contribution in [3.8, 4) is 5.88 Å². The van der Waals surface area contributed by atoms with E-state index in [1.807, 2.05) is 6.07 Å². The SMILES string of the molecule is Cc1ccc(CN2Cc3cccnc3OC(CCCl)C2)cc1. The van der Waals surface area contributed by atoms with Gasteiger partial charge in [-0.2, -0.15) is 0 Å². The van der Waals surface area contributed by atoms with Crippen LogP contribution in [0.5, 0.6) is 5.88 Å². The summed E-state index contributed by atoms with van der Waals surface area (Å²) in [5, 5.41) is 0. The average Bonchev–Trinajstić information content (AvgIpc) is 2.68. The highest BCUT2D eigenvalue weighted by Crippen LogP contribution is 2.24. The van der Waals surface area contributed by atoms with Gasteiger partial charge in [0.1, 0.15) is 6.10 Å². The van der Waals surface area contributed by atoms with Crippen molar-refractivity contribution in [2.24, 2.45) is 0 Å². The number of benzene rings is 1. The van der Waals surface area contributed by atoms with Gasteiger partial charge in [-0.05, 0) is 25.0 Å². The maximum atomic E-state index is 6.05. The van der Waals surface area contributed by atoms with E-state index < -0.39 is 0 Å². The molecule has 1 aromatic carbocycles. The molecule has 2 aromatic rings. The Balaban J connectivity index is 1.79. The van der Waals surface area contributed by atoms with Crippen LogP contribution in [0, 0.1) is 6.92 Å². The Morgan fingerprint density at radius 2 is 2.09 bits per heavy atom. The van der Waals surface area contributed by atoms with Gasteiger partial charge in [0.25, 0.3) is 0 Å². The molecule has 0 radical (unpaired) electrons. The molecule has 0 bridgehead atoms. The van der Waals surface area contributed by atoms with E-state index in [0.29, 0.717) is 5.88 Å². The van der Waals surface area contributed by atoms with E-state index >= 15 is 0 Å². The second kappa shape index (κ2) is 7.12. The first-order chi connectivity index (χ1) is 10.7. The van der Waals surface area contributed by atoms with E-state index in [1.165, 1.54) is 11.1 Å². The summed E-state index contributed by atoms with van der Waals surface area (Å²) in [7, 11) is 0. The lowest BCUT2D eigenvalue weighted by Crippen LogP contribution is -2.32. The molecule has 1 aromatic heterocycles. The molecule has 3 nitrogen and oxygen atoms in total. The number of hydrogen-bond acceptors (Lipinski definition) is 3. The highest BCUT2D eigenvalue weighted by molar-refractivity contribution is 6.17. The average molecular weight is 317 g/mol. The number of pyridine rings is 1. The Bertz CT molecular complexity index is 615. The van der Waals surface area contributed by atoms with Crippen molar-refractivity contribution in [1.82, 2.24) is 9.88 Å². The minimum Gasteiger partial charge on any atom is -0.473 e. The molecule has 1 unspecified atom stereocenters. The molecule has 1 aliphatic heterocycles. The van der Waals surface area contributed by atoms with Gasteiger partial charge in [-0.1, -0.05) is 35.9 Å². The Morgan fingerprint density at radius 3 is 2.86 bits per heavy atom. The molecule has 0 N–H and O–H groups in total. The van der Waals surface area contributed by atoms with Crippen molar-refractivity contribution >= 4 is 11.6 Å². The van der Waals surface area contributed by atoms with Gasteiger partial charge in [-0.25, -0.2) is 4.98 Å². The highest BCUT2D eigenvalue weighted by Gasteiger charge is 2.23. The molecule has 1 aliphatic rings. The number of rotatable bonds is 4. The minimum absolute atomic E-state index is 0.0964. The number of ether oxygens (including phenoxy) is 1. The fraction of sp³-hybridized carbons (Fsp3) is 0.389. The summed E-state index contributed by atoms with van der Waals surface area (Å²) in [6, 6.07) is 12.8. The number of fused-ring (bicyclic) bond motifs is 1. The summed E-state index contributed by atoms with van der Waals surface area (Å²) >= 11 is 5.92. The smallest absolute Gasteiger partial charge is 0.218 e. The van der Waals surface area contributed by atoms with E-state index in [0.717, 1.165) is 37.5 Å². The highest BCUT2D eigenvalue weighted by atomic mass is 35.5. The fourth-order valence-corrected chi connectivity index (χ4v) is 3.03. The third-order valence-corrected chi connectivity index (χ3v) is 4.16. The van der Waals surface area contributed by atoms with E-state index in [2.05, 4.69) is 47.1 Å². The van der Waals surface area contributed by atoms with Crippen LogP contribution in [0.3, 0.4) is 0 Å². The minimum atomic E-state index is 0.0964. The summed E-state index contributed by atoms with van der Waals surface area (Å²) in [6.07, 6.45) is 2.72. The third-order valence-electron chi connectivity index (χ3n) is 3.94. The maximum Gasteiger partial charge on any atom is 0.218 e. The first kappa shape index (κ1) is 15.3. The van der Waals surface area contributed by atoms with Gasteiger partial charge in [0.05, 0.1) is 0 Å². The fourth-order valence-electron chi connectivity index (χ4n) is 2.78. The number of nitrogens with zero attached hydrogens (tertiary/aromatic N) is 2. The lowest BCUT2D eigenvalue weighted by molar-refractivity contribution is 0.136. The number of halogens is 1. The first-order valence-electron chi connectivity index (χ1n) is 7.69. The lowest BCUT2D eigenvalue weighted by Gasteiger charge is -2.23. The largest absolute Gasteiger partial charge is 0.473 e. The van der Waals surface area contributed by atoms with Crippen LogP contribution >= 0.6 is 11.6 Å². The van der Waals surface area contributed by atoms with Gasteiger partial charge in [-0.3, -0.25) is 4.90 Å². The van der Waals surface area contributed by atoms with Gasteiger partial charge in [0.2, 0.25) is 5.88 Å².